The van der Waals surface area contributed by atoms with Gasteiger partial charge in [0.25, 0.3) is 5.91 Å². The van der Waals surface area contributed by atoms with E-state index >= 15 is 0 Å². The fraction of sp³-hybridized carbons (Fsp3) is 0.276. The number of aromatic hydroxyl groups is 1. The Morgan fingerprint density at radius 1 is 0.897 bits per heavy atom. The molecule has 0 radical (unpaired) electrons. The van der Waals surface area contributed by atoms with Crippen LogP contribution in [0.2, 0.25) is 0 Å². The molecule has 2 aliphatic rings. The number of amides is 2. The first kappa shape index (κ1) is 30.0. The van der Waals surface area contributed by atoms with Crippen molar-refractivity contribution in [2.45, 2.75) is 51.9 Å². The highest BCUT2D eigenvalue weighted by atomic mass is 79.9. The van der Waals surface area contributed by atoms with Crippen LogP contribution in [0.4, 0.5) is 0 Å². The molecule has 0 aromatic heterocycles. The van der Waals surface area contributed by atoms with Crippen molar-refractivity contribution in [3.05, 3.63) is 70.1 Å². The molecule has 4 rings (SSSR count). The third-order valence-electron chi connectivity index (χ3n) is 6.47. The number of carbonyl (C=O) groups excluding carboxylic acids is 2. The molecule has 0 fully saturated rings. The van der Waals surface area contributed by atoms with E-state index in [0.717, 1.165) is 32.1 Å². The zero-order chi connectivity index (χ0) is 28.3. The molecule has 2 aromatic rings. The van der Waals surface area contributed by atoms with Crippen molar-refractivity contribution in [3.63, 3.8) is 0 Å². The van der Waals surface area contributed by atoms with Crippen molar-refractivity contribution in [3.8, 4) is 28.2 Å². The maximum Gasteiger partial charge on any atom is 0.258 e. The number of rotatable bonds is 9. The van der Waals surface area contributed by atoms with Gasteiger partial charge in [-0.05, 0) is 93.9 Å². The second-order valence-corrected chi connectivity index (χ2v) is 12.5. The monoisotopic (exact) mass is 783 g/mol. The summed E-state index contributed by atoms with van der Waals surface area (Å²) in [7, 11) is 0. The fourth-order valence-electron chi connectivity index (χ4n) is 4.51. The van der Waals surface area contributed by atoms with E-state index in [0.29, 0.717) is 36.6 Å². The summed E-state index contributed by atoms with van der Waals surface area (Å²) >= 11 is 13.5. The third kappa shape index (κ3) is 6.34. The van der Waals surface area contributed by atoms with E-state index in [1.54, 1.807) is 36.4 Å². The second-order valence-electron chi connectivity index (χ2n) is 9.19. The Morgan fingerprint density at radius 2 is 1.59 bits per heavy atom. The van der Waals surface area contributed by atoms with Crippen LogP contribution in [-0.4, -0.2) is 16.9 Å². The molecule has 39 heavy (non-hydrogen) atoms. The molecular weight excluding hydrogens is 762 g/mol. The fourth-order valence-corrected chi connectivity index (χ4v) is 6.91. The topological polar surface area (TPSA) is 96.6 Å². The van der Waals surface area contributed by atoms with E-state index in [-0.39, 0.29) is 43.8 Å². The lowest BCUT2D eigenvalue weighted by atomic mass is 9.90. The van der Waals surface area contributed by atoms with Gasteiger partial charge in [0.05, 0.1) is 8.95 Å². The minimum atomic E-state index is -0.515. The van der Waals surface area contributed by atoms with Crippen LogP contribution in [-0.2, 0) is 4.79 Å². The summed E-state index contributed by atoms with van der Waals surface area (Å²) in [5, 5.41) is 13.7. The summed E-state index contributed by atoms with van der Waals surface area (Å²) in [6.07, 6.45) is 6.54. The maximum atomic E-state index is 13.4. The standard InChI is InChI=1S/C29H25Br4NO5/c1-2-3-4-5-6-7-12-21(35)34-29(38)16-11-9-8-10-15(16)22-17-13-19(30)25(36)23(32)27(17)39-28-18(22)14-20(31)26(37)24(28)33/h8-11,13-14,36H,2-7,12H2,1H3,(H,34,35,38). The highest BCUT2D eigenvalue weighted by molar-refractivity contribution is 9.11. The normalized spacial score (nSPS) is 11.3. The van der Waals surface area contributed by atoms with E-state index in [2.05, 4.69) is 76.0 Å². The minimum absolute atomic E-state index is 0.0709. The van der Waals surface area contributed by atoms with Gasteiger partial charge >= 0.3 is 0 Å². The first-order valence-electron chi connectivity index (χ1n) is 12.5. The van der Waals surface area contributed by atoms with Gasteiger partial charge in [-0.2, -0.15) is 0 Å². The lowest BCUT2D eigenvalue weighted by molar-refractivity contribution is -0.120. The average Bonchev–Trinajstić information content (AvgIpc) is 2.92. The van der Waals surface area contributed by atoms with E-state index in [1.165, 1.54) is 6.42 Å². The van der Waals surface area contributed by atoms with Gasteiger partial charge in [0.1, 0.15) is 14.7 Å². The first-order valence-corrected chi connectivity index (χ1v) is 15.7. The van der Waals surface area contributed by atoms with Crippen molar-refractivity contribution in [1.82, 2.24) is 5.32 Å². The van der Waals surface area contributed by atoms with E-state index in [9.17, 15) is 19.5 Å². The van der Waals surface area contributed by atoms with Gasteiger partial charge in [-0.1, -0.05) is 57.2 Å². The molecule has 0 saturated carbocycles. The summed E-state index contributed by atoms with van der Waals surface area (Å²) in [6.45, 7) is 2.16. The Hall–Kier alpha value is -2.01. The quantitative estimate of drug-likeness (QED) is 0.130. The second kappa shape index (κ2) is 13.1. The van der Waals surface area contributed by atoms with Crippen LogP contribution in [0.1, 0.15) is 62.2 Å². The smallest absolute Gasteiger partial charge is 0.258 e. The Kier molecular flexibility index (Phi) is 10.1. The molecule has 2 N–H and O–H groups in total. The first-order chi connectivity index (χ1) is 18.6. The van der Waals surface area contributed by atoms with Crippen LogP contribution in [0.3, 0.4) is 0 Å². The number of unbranched alkanes of at least 4 members (excludes halogenated alkanes) is 5. The highest BCUT2D eigenvalue weighted by Gasteiger charge is 2.27. The third-order valence-corrected chi connectivity index (χ3v) is 9.12. The molecule has 2 amide bonds. The van der Waals surface area contributed by atoms with Crippen molar-refractivity contribution < 1.29 is 19.1 Å². The van der Waals surface area contributed by atoms with E-state index < -0.39 is 5.91 Å². The molecule has 2 aromatic carbocycles. The van der Waals surface area contributed by atoms with Gasteiger partial charge in [-0.25, -0.2) is 0 Å². The predicted octanol–water partition coefficient (Wildman–Crippen LogP) is 9.33. The molecule has 0 saturated heterocycles. The minimum Gasteiger partial charge on any atom is -0.505 e. The number of fused-ring (bicyclic) bond motifs is 2. The molecule has 0 spiro atoms. The SMILES string of the molecule is CCCCCCCCC(=O)NC(=O)c1ccccc1-c1c2cc(Br)c(=O)c(Br)c-2oc2c(Br)c(O)c(Br)cc12. The van der Waals surface area contributed by atoms with Crippen molar-refractivity contribution in [2.75, 3.05) is 0 Å². The number of carbonyl (C=O) groups is 2. The summed E-state index contributed by atoms with van der Waals surface area (Å²) in [4.78, 5) is 38.7. The van der Waals surface area contributed by atoms with Crippen molar-refractivity contribution >= 4 is 86.5 Å². The van der Waals surface area contributed by atoms with E-state index in [4.69, 9.17) is 4.42 Å². The molecule has 1 heterocycles. The van der Waals surface area contributed by atoms with Crippen LogP contribution in [0.5, 0.6) is 5.75 Å². The van der Waals surface area contributed by atoms with Crippen LogP contribution >= 0.6 is 63.7 Å². The molecule has 6 nitrogen and oxygen atoms in total. The van der Waals surface area contributed by atoms with Gasteiger partial charge in [0.15, 0.2) is 11.3 Å². The van der Waals surface area contributed by atoms with E-state index in [1.807, 2.05) is 0 Å². The van der Waals surface area contributed by atoms with Crippen molar-refractivity contribution in [1.29, 1.82) is 0 Å². The summed E-state index contributed by atoms with van der Waals surface area (Å²) < 4.78 is 7.34. The van der Waals surface area contributed by atoms with Crippen LogP contribution in [0, 0.1) is 0 Å². The number of phenolic OH excluding ortho intramolecular Hbond substituents is 1. The maximum absolute atomic E-state index is 13.4. The number of hydrogen-bond acceptors (Lipinski definition) is 5. The van der Waals surface area contributed by atoms with Crippen molar-refractivity contribution in [2.24, 2.45) is 0 Å². The van der Waals surface area contributed by atoms with Gasteiger partial charge in [0.2, 0.25) is 11.3 Å². The summed E-state index contributed by atoms with van der Waals surface area (Å²) in [5.41, 5.74) is 1.97. The van der Waals surface area contributed by atoms with Gasteiger partial charge in [0, 0.05) is 28.5 Å². The Labute approximate surface area is 259 Å². The molecule has 204 valence electrons. The van der Waals surface area contributed by atoms with Gasteiger partial charge in [-0.3, -0.25) is 19.7 Å². The molecule has 10 heteroatoms. The van der Waals surface area contributed by atoms with Gasteiger partial charge < -0.3 is 9.52 Å². The largest absolute Gasteiger partial charge is 0.505 e. The number of benzene rings is 3. The Balaban J connectivity index is 1.81. The zero-order valence-corrected chi connectivity index (χ0v) is 27.3. The molecule has 0 atom stereocenters. The molecule has 1 aliphatic heterocycles. The predicted molar refractivity (Wildman–Crippen MR) is 167 cm³/mol. The lowest BCUT2D eigenvalue weighted by Gasteiger charge is -2.20. The molecule has 0 bridgehead atoms. The number of phenols is 1. The number of imide groups is 1. The number of nitrogens with one attached hydrogen (secondary N) is 1. The molecule has 0 unspecified atom stereocenters. The Morgan fingerprint density at radius 3 is 2.33 bits per heavy atom. The summed E-state index contributed by atoms with van der Waals surface area (Å²) in [5.74, 6) is -0.653. The van der Waals surface area contributed by atoms with Crippen LogP contribution < -0.4 is 10.7 Å². The number of halogens is 4. The average molecular weight is 787 g/mol. The zero-order valence-electron chi connectivity index (χ0n) is 21.0. The van der Waals surface area contributed by atoms with Crippen LogP contribution in [0.15, 0.2) is 63.5 Å². The highest BCUT2D eigenvalue weighted by Crippen LogP contribution is 2.49. The lowest BCUT2D eigenvalue weighted by Crippen LogP contribution is -2.30. The number of hydrogen-bond donors (Lipinski definition) is 2. The molecule has 1 aliphatic carbocycles. The van der Waals surface area contributed by atoms with Crippen LogP contribution in [0.25, 0.3) is 33.4 Å². The Bertz CT molecular complexity index is 1600. The van der Waals surface area contributed by atoms with Gasteiger partial charge in [-0.15, -0.1) is 0 Å². The summed E-state index contributed by atoms with van der Waals surface area (Å²) in [6, 6.07) is 10.3. The molecular formula is C29H25Br4NO5.